The number of hydrogen-bond acceptors (Lipinski definition) is 5. The average molecular weight is 416 g/mol. The molecule has 1 aromatic heterocycles. The Morgan fingerprint density at radius 3 is 2.54 bits per heavy atom. The number of carbonyl (C=O) groups excluding carboxylic acids is 1. The molecule has 1 heterocycles. The maximum atomic E-state index is 12.2. The number of nitrogens with zero attached hydrogens (tertiary/aromatic N) is 4. The van der Waals surface area contributed by atoms with E-state index in [4.69, 9.17) is 4.74 Å². The molecule has 3 rings (SSSR count). The van der Waals surface area contributed by atoms with Gasteiger partial charge in [0.25, 0.3) is 5.91 Å². The van der Waals surface area contributed by atoms with Gasteiger partial charge in [0, 0.05) is 4.47 Å². The van der Waals surface area contributed by atoms with E-state index in [9.17, 15) is 4.79 Å². The molecule has 0 saturated heterocycles. The second-order valence-electron chi connectivity index (χ2n) is 5.62. The van der Waals surface area contributed by atoms with Crippen LogP contribution >= 0.6 is 15.9 Å². The van der Waals surface area contributed by atoms with Gasteiger partial charge in [-0.3, -0.25) is 4.79 Å². The van der Waals surface area contributed by atoms with Crippen LogP contribution in [0.2, 0.25) is 0 Å². The van der Waals surface area contributed by atoms with Crippen molar-refractivity contribution < 1.29 is 9.53 Å². The van der Waals surface area contributed by atoms with Crippen molar-refractivity contribution in [2.24, 2.45) is 0 Å². The van der Waals surface area contributed by atoms with Crippen molar-refractivity contribution in [2.75, 3.05) is 6.61 Å². The molecule has 8 heteroatoms. The molecular formula is C18H18BrN5O2. The number of nitrogens with one attached hydrogen (secondary N) is 1. The SMILES string of the molecule is CC[C@H](NC(=O)COc1ccc(-n2cnnn2)cc1)c1ccc(Br)cc1. The molecule has 0 spiro atoms. The van der Waals surface area contributed by atoms with Crippen LogP contribution in [0.4, 0.5) is 0 Å². The molecule has 26 heavy (non-hydrogen) atoms. The topological polar surface area (TPSA) is 81.9 Å². The minimum atomic E-state index is -0.163. The van der Waals surface area contributed by atoms with Gasteiger partial charge in [0.15, 0.2) is 6.61 Å². The first-order valence-corrected chi connectivity index (χ1v) is 8.96. The molecule has 0 bridgehead atoms. The van der Waals surface area contributed by atoms with Crippen molar-refractivity contribution in [2.45, 2.75) is 19.4 Å². The molecule has 2 aromatic carbocycles. The highest BCUT2D eigenvalue weighted by Gasteiger charge is 2.13. The van der Waals surface area contributed by atoms with Crippen LogP contribution in [0.15, 0.2) is 59.3 Å². The van der Waals surface area contributed by atoms with Gasteiger partial charge in [-0.1, -0.05) is 35.0 Å². The summed E-state index contributed by atoms with van der Waals surface area (Å²) in [5, 5.41) is 14.0. The second-order valence-corrected chi connectivity index (χ2v) is 6.53. The Labute approximate surface area is 159 Å². The Kier molecular flexibility index (Phi) is 5.96. The van der Waals surface area contributed by atoms with E-state index in [1.165, 1.54) is 6.33 Å². The predicted molar refractivity (Wildman–Crippen MR) is 100.0 cm³/mol. The molecule has 0 saturated carbocycles. The summed E-state index contributed by atoms with van der Waals surface area (Å²) in [6, 6.07) is 15.1. The zero-order valence-corrected chi connectivity index (χ0v) is 15.8. The minimum Gasteiger partial charge on any atom is -0.484 e. The van der Waals surface area contributed by atoms with Crippen molar-refractivity contribution in [1.29, 1.82) is 0 Å². The highest BCUT2D eigenvalue weighted by atomic mass is 79.9. The van der Waals surface area contributed by atoms with Gasteiger partial charge in [-0.2, -0.15) is 0 Å². The number of carbonyl (C=O) groups is 1. The van der Waals surface area contributed by atoms with E-state index in [-0.39, 0.29) is 18.6 Å². The first kappa shape index (κ1) is 18.1. The third-order valence-electron chi connectivity index (χ3n) is 3.84. The Morgan fingerprint density at radius 1 is 1.19 bits per heavy atom. The van der Waals surface area contributed by atoms with Crippen LogP contribution in [0, 0.1) is 0 Å². The van der Waals surface area contributed by atoms with Crippen molar-refractivity contribution in [3.8, 4) is 11.4 Å². The molecular weight excluding hydrogens is 398 g/mol. The summed E-state index contributed by atoms with van der Waals surface area (Å²) >= 11 is 3.42. The third kappa shape index (κ3) is 4.66. The summed E-state index contributed by atoms with van der Waals surface area (Å²) in [6.45, 7) is 1.99. The second kappa shape index (κ2) is 8.57. The number of benzene rings is 2. The first-order chi connectivity index (χ1) is 12.7. The summed E-state index contributed by atoms with van der Waals surface area (Å²) in [6.07, 6.45) is 2.31. The van der Waals surface area contributed by atoms with E-state index in [1.807, 2.05) is 43.3 Å². The lowest BCUT2D eigenvalue weighted by molar-refractivity contribution is -0.123. The lowest BCUT2D eigenvalue weighted by atomic mass is 10.0. The molecule has 0 aliphatic heterocycles. The fourth-order valence-electron chi connectivity index (χ4n) is 2.48. The highest BCUT2D eigenvalue weighted by molar-refractivity contribution is 9.10. The number of rotatable bonds is 7. The first-order valence-electron chi connectivity index (χ1n) is 8.16. The number of aromatic nitrogens is 4. The van der Waals surface area contributed by atoms with E-state index in [0.717, 1.165) is 22.1 Å². The van der Waals surface area contributed by atoms with E-state index in [0.29, 0.717) is 5.75 Å². The quantitative estimate of drug-likeness (QED) is 0.640. The van der Waals surface area contributed by atoms with E-state index >= 15 is 0 Å². The molecule has 0 radical (unpaired) electrons. The van der Waals surface area contributed by atoms with Crippen LogP contribution in [0.5, 0.6) is 5.75 Å². The molecule has 0 fully saturated rings. The smallest absolute Gasteiger partial charge is 0.258 e. The van der Waals surface area contributed by atoms with E-state index in [1.54, 1.807) is 16.8 Å². The summed E-state index contributed by atoms with van der Waals surface area (Å²) in [4.78, 5) is 12.2. The lowest BCUT2D eigenvalue weighted by Gasteiger charge is -2.18. The molecule has 7 nitrogen and oxygen atoms in total. The molecule has 1 amide bonds. The fourth-order valence-corrected chi connectivity index (χ4v) is 2.74. The standard InChI is InChI=1S/C18H18BrN5O2/c1-2-17(13-3-5-14(19)6-4-13)21-18(25)11-26-16-9-7-15(8-10-16)24-12-20-22-23-24/h3-10,12,17H,2,11H2,1H3,(H,21,25)/t17-/m0/s1. The van der Waals surface area contributed by atoms with Crippen LogP contribution in [0.25, 0.3) is 5.69 Å². The third-order valence-corrected chi connectivity index (χ3v) is 4.36. The Morgan fingerprint density at radius 2 is 1.92 bits per heavy atom. The summed E-state index contributed by atoms with van der Waals surface area (Å²) in [7, 11) is 0. The highest BCUT2D eigenvalue weighted by Crippen LogP contribution is 2.19. The van der Waals surface area contributed by atoms with Crippen LogP contribution in [0.1, 0.15) is 24.9 Å². The summed E-state index contributed by atoms with van der Waals surface area (Å²) < 4.78 is 8.11. The maximum absolute atomic E-state index is 12.2. The molecule has 3 aromatic rings. The number of hydrogen-bond donors (Lipinski definition) is 1. The molecule has 134 valence electrons. The average Bonchev–Trinajstić information content (AvgIpc) is 3.20. The van der Waals surface area contributed by atoms with Crippen LogP contribution in [-0.4, -0.2) is 32.7 Å². The van der Waals surface area contributed by atoms with Gasteiger partial charge in [0.2, 0.25) is 0 Å². The van der Waals surface area contributed by atoms with Crippen LogP contribution in [-0.2, 0) is 4.79 Å². The molecule has 0 aliphatic rings. The number of amides is 1. The fraction of sp³-hybridized carbons (Fsp3) is 0.222. The lowest BCUT2D eigenvalue weighted by Crippen LogP contribution is -2.32. The Balaban J connectivity index is 1.54. The summed E-state index contributed by atoms with van der Waals surface area (Å²) in [5.41, 5.74) is 1.88. The number of halogens is 1. The predicted octanol–water partition coefficient (Wildman–Crippen LogP) is 3.07. The van der Waals surface area contributed by atoms with E-state index < -0.39 is 0 Å². The maximum Gasteiger partial charge on any atom is 0.258 e. The van der Waals surface area contributed by atoms with Crippen molar-refractivity contribution in [1.82, 2.24) is 25.5 Å². The molecule has 0 aliphatic carbocycles. The van der Waals surface area contributed by atoms with Gasteiger partial charge in [-0.25, -0.2) is 4.68 Å². The number of ether oxygens (including phenoxy) is 1. The van der Waals surface area contributed by atoms with Crippen molar-refractivity contribution >= 4 is 21.8 Å². The molecule has 1 atom stereocenters. The summed E-state index contributed by atoms with van der Waals surface area (Å²) in [5.74, 6) is 0.443. The normalized spacial score (nSPS) is 11.8. The van der Waals surface area contributed by atoms with Crippen LogP contribution in [0.3, 0.4) is 0 Å². The zero-order valence-electron chi connectivity index (χ0n) is 14.2. The Bertz CT molecular complexity index is 835. The van der Waals surface area contributed by atoms with Gasteiger partial charge in [0.1, 0.15) is 12.1 Å². The van der Waals surface area contributed by atoms with Gasteiger partial charge in [-0.15, -0.1) is 5.10 Å². The minimum absolute atomic E-state index is 0.0404. The molecule has 1 N–H and O–H groups in total. The Hall–Kier alpha value is -2.74. The van der Waals surface area contributed by atoms with Gasteiger partial charge in [-0.05, 0) is 58.8 Å². The van der Waals surface area contributed by atoms with Gasteiger partial charge >= 0.3 is 0 Å². The van der Waals surface area contributed by atoms with Crippen LogP contribution < -0.4 is 10.1 Å². The number of tetrazole rings is 1. The van der Waals surface area contributed by atoms with Crippen molar-refractivity contribution in [3.05, 3.63) is 64.9 Å². The monoisotopic (exact) mass is 415 g/mol. The van der Waals surface area contributed by atoms with Gasteiger partial charge in [0.05, 0.1) is 11.7 Å². The molecule has 0 unspecified atom stereocenters. The largest absolute Gasteiger partial charge is 0.484 e. The van der Waals surface area contributed by atoms with Crippen molar-refractivity contribution in [3.63, 3.8) is 0 Å². The zero-order chi connectivity index (χ0) is 18.4. The van der Waals surface area contributed by atoms with E-state index in [2.05, 4.69) is 36.8 Å². The van der Waals surface area contributed by atoms with Gasteiger partial charge < -0.3 is 10.1 Å².